The van der Waals surface area contributed by atoms with Crippen LogP contribution in [0.15, 0.2) is 24.3 Å². The van der Waals surface area contributed by atoms with Crippen molar-refractivity contribution in [2.75, 3.05) is 13.0 Å². The van der Waals surface area contributed by atoms with Gasteiger partial charge >= 0.3 is 5.97 Å². The summed E-state index contributed by atoms with van der Waals surface area (Å²) in [6.07, 6.45) is 13.5. The molecule has 2 rings (SSSR count). The number of rotatable bonds is 7. The molecule has 1 aromatic heterocycles. The van der Waals surface area contributed by atoms with Gasteiger partial charge in [0.15, 0.2) is 0 Å². The van der Waals surface area contributed by atoms with E-state index >= 15 is 0 Å². The molecule has 2 aromatic rings. The maximum Gasteiger partial charge on any atom is 0.302 e. The zero-order chi connectivity index (χ0) is 21.1. The highest BCUT2D eigenvalue weighted by molar-refractivity contribution is 6.20. The van der Waals surface area contributed by atoms with Crippen LogP contribution in [-0.4, -0.2) is 30.0 Å². The molecule has 28 heavy (non-hydrogen) atoms. The quantitative estimate of drug-likeness (QED) is 0.437. The van der Waals surface area contributed by atoms with Gasteiger partial charge in [-0.05, 0) is 62.1 Å². The molecule has 0 radical (unpaired) electrons. The van der Waals surface area contributed by atoms with Gasteiger partial charge in [0.1, 0.15) is 5.75 Å². The number of ether oxygens (including phenoxy) is 2. The molecule has 0 aliphatic rings. The molecule has 0 spiro atoms. The molecule has 5 heteroatoms. The zero-order valence-corrected chi connectivity index (χ0v) is 17.7. The molecule has 0 amide bonds. The van der Waals surface area contributed by atoms with E-state index in [0.29, 0.717) is 5.88 Å². The topological polar surface area (TPSA) is 51.3 Å². The standard InChI is InChI=1S/C21H26ClNO3.C2H2/c1-5-20-18(12-13-22)19(11-6-14(2)26-15(3)24)21(23-20)16-7-9-17(25-4)10-8-16;1-2/h5,7-10,12,14,23H,6,11,13H2,1-4H3;1-2H/b18-12-,20-5+;. The second kappa shape index (κ2) is 11.9. The monoisotopic (exact) mass is 401 g/mol. The number of esters is 1. The predicted molar refractivity (Wildman–Crippen MR) is 117 cm³/mol. The van der Waals surface area contributed by atoms with Gasteiger partial charge in [-0.2, -0.15) is 0 Å². The lowest BCUT2D eigenvalue weighted by Crippen LogP contribution is -2.25. The summed E-state index contributed by atoms with van der Waals surface area (Å²) >= 11 is 5.99. The lowest BCUT2D eigenvalue weighted by atomic mass is 10.0. The third-order valence-electron chi connectivity index (χ3n) is 4.29. The molecule has 0 bridgehead atoms. The van der Waals surface area contributed by atoms with Crippen molar-refractivity contribution in [2.24, 2.45) is 0 Å². The first-order valence-electron chi connectivity index (χ1n) is 9.08. The highest BCUT2D eigenvalue weighted by Gasteiger charge is 2.14. The second-order valence-electron chi connectivity index (χ2n) is 6.14. The maximum atomic E-state index is 11.2. The summed E-state index contributed by atoms with van der Waals surface area (Å²) in [7, 11) is 1.66. The molecule has 0 aliphatic heterocycles. The lowest BCUT2D eigenvalue weighted by molar-refractivity contribution is -0.145. The SMILES string of the molecule is C#C.C/C=c1/[nH]c(-c2ccc(OC)cc2)c(CCC(C)OC(C)=O)/c1=C/CCl. The van der Waals surface area contributed by atoms with Crippen LogP contribution in [0.5, 0.6) is 5.75 Å². The van der Waals surface area contributed by atoms with Gasteiger partial charge in [-0.25, -0.2) is 0 Å². The Kier molecular flexibility index (Phi) is 9.98. The van der Waals surface area contributed by atoms with E-state index in [9.17, 15) is 4.79 Å². The second-order valence-corrected chi connectivity index (χ2v) is 6.45. The van der Waals surface area contributed by atoms with Crippen molar-refractivity contribution in [1.29, 1.82) is 0 Å². The van der Waals surface area contributed by atoms with Crippen LogP contribution < -0.4 is 15.3 Å². The van der Waals surface area contributed by atoms with E-state index in [4.69, 9.17) is 21.1 Å². The third kappa shape index (κ3) is 6.21. The van der Waals surface area contributed by atoms with E-state index in [-0.39, 0.29) is 12.1 Å². The highest BCUT2D eigenvalue weighted by Crippen LogP contribution is 2.23. The fraction of sp³-hybridized carbons (Fsp3) is 0.348. The zero-order valence-electron chi connectivity index (χ0n) is 16.9. The van der Waals surface area contributed by atoms with Gasteiger partial charge in [0.25, 0.3) is 0 Å². The fourth-order valence-corrected chi connectivity index (χ4v) is 3.22. The molecule has 1 atom stereocenters. The van der Waals surface area contributed by atoms with Crippen LogP contribution in [0.2, 0.25) is 0 Å². The lowest BCUT2D eigenvalue weighted by Gasteiger charge is -2.12. The van der Waals surface area contributed by atoms with Gasteiger partial charge < -0.3 is 14.5 Å². The fourth-order valence-electron chi connectivity index (χ4n) is 3.07. The van der Waals surface area contributed by atoms with Crippen LogP contribution in [0.25, 0.3) is 23.4 Å². The number of aromatic amines is 1. The van der Waals surface area contributed by atoms with E-state index in [2.05, 4.69) is 17.8 Å². The number of terminal acetylenes is 1. The molecule has 1 N–H and O–H groups in total. The van der Waals surface area contributed by atoms with Gasteiger partial charge in [0, 0.05) is 29.1 Å². The van der Waals surface area contributed by atoms with Gasteiger partial charge in [-0.1, -0.05) is 12.2 Å². The molecule has 1 unspecified atom stereocenters. The number of carbonyl (C=O) groups excluding carboxylic acids is 1. The number of nitrogens with one attached hydrogen (secondary N) is 1. The number of hydrogen-bond donors (Lipinski definition) is 1. The molecule has 150 valence electrons. The minimum atomic E-state index is -0.253. The third-order valence-corrected chi connectivity index (χ3v) is 4.45. The summed E-state index contributed by atoms with van der Waals surface area (Å²) in [6.45, 7) is 5.35. The number of aromatic nitrogens is 1. The van der Waals surface area contributed by atoms with Gasteiger partial charge in [0.2, 0.25) is 0 Å². The summed E-state index contributed by atoms with van der Waals surface area (Å²) in [5.74, 6) is 1.00. The van der Waals surface area contributed by atoms with Crippen molar-refractivity contribution in [2.45, 2.75) is 39.7 Å². The van der Waals surface area contributed by atoms with Crippen molar-refractivity contribution in [3.05, 3.63) is 40.4 Å². The number of alkyl halides is 1. The molecule has 1 aromatic carbocycles. The molecular formula is C23H28ClNO3. The van der Waals surface area contributed by atoms with Crippen LogP contribution >= 0.6 is 11.6 Å². The van der Waals surface area contributed by atoms with Gasteiger partial charge in [0.05, 0.1) is 13.2 Å². The first-order chi connectivity index (χ1) is 13.5. The highest BCUT2D eigenvalue weighted by atomic mass is 35.5. The summed E-state index contributed by atoms with van der Waals surface area (Å²) in [6, 6.07) is 7.96. The Labute approximate surface area is 172 Å². The first-order valence-corrected chi connectivity index (χ1v) is 9.61. The Balaban J connectivity index is 0.00000190. The number of benzene rings is 1. The Morgan fingerprint density at radius 3 is 2.43 bits per heavy atom. The van der Waals surface area contributed by atoms with E-state index in [1.807, 2.05) is 50.3 Å². The van der Waals surface area contributed by atoms with Crippen LogP contribution in [0.1, 0.15) is 32.8 Å². The summed E-state index contributed by atoms with van der Waals surface area (Å²) in [4.78, 5) is 14.7. The minimum Gasteiger partial charge on any atom is -0.497 e. The molecule has 0 saturated heterocycles. The summed E-state index contributed by atoms with van der Waals surface area (Å²) in [5, 5.41) is 2.16. The molecule has 0 aliphatic carbocycles. The number of hydrogen-bond acceptors (Lipinski definition) is 3. The molecule has 0 fully saturated rings. The largest absolute Gasteiger partial charge is 0.497 e. The Bertz CT molecular complexity index is 894. The Hall–Kier alpha value is -2.64. The van der Waals surface area contributed by atoms with E-state index in [1.54, 1.807) is 7.11 Å². The normalized spacial score (nSPS) is 12.8. The maximum absolute atomic E-state index is 11.2. The van der Waals surface area contributed by atoms with Crippen LogP contribution in [0.3, 0.4) is 0 Å². The number of carbonyl (C=O) groups is 1. The van der Waals surface area contributed by atoms with Crippen molar-refractivity contribution >= 4 is 29.7 Å². The van der Waals surface area contributed by atoms with Crippen LogP contribution in [-0.2, 0) is 16.0 Å². The van der Waals surface area contributed by atoms with E-state index < -0.39 is 0 Å². The minimum absolute atomic E-state index is 0.135. The molecule has 4 nitrogen and oxygen atoms in total. The number of halogens is 1. The number of methoxy groups -OCH3 is 1. The number of H-pyrrole nitrogens is 1. The predicted octanol–water partition coefficient (Wildman–Crippen LogP) is 3.64. The van der Waals surface area contributed by atoms with Crippen molar-refractivity contribution in [3.63, 3.8) is 0 Å². The Morgan fingerprint density at radius 1 is 1.29 bits per heavy atom. The molecule has 1 heterocycles. The summed E-state index contributed by atoms with van der Waals surface area (Å²) < 4.78 is 10.5. The van der Waals surface area contributed by atoms with Crippen LogP contribution in [0, 0.1) is 12.8 Å². The van der Waals surface area contributed by atoms with Gasteiger partial charge in [-0.15, -0.1) is 24.4 Å². The first kappa shape index (κ1) is 23.4. The molecule has 0 saturated carbocycles. The van der Waals surface area contributed by atoms with Crippen molar-refractivity contribution in [3.8, 4) is 29.9 Å². The average molecular weight is 402 g/mol. The van der Waals surface area contributed by atoms with Crippen molar-refractivity contribution < 1.29 is 14.3 Å². The van der Waals surface area contributed by atoms with Gasteiger partial charge in [-0.3, -0.25) is 4.79 Å². The molecular weight excluding hydrogens is 374 g/mol. The summed E-state index contributed by atoms with van der Waals surface area (Å²) in [5.41, 5.74) is 3.33. The van der Waals surface area contributed by atoms with E-state index in [1.165, 1.54) is 12.5 Å². The van der Waals surface area contributed by atoms with Crippen molar-refractivity contribution in [1.82, 2.24) is 4.98 Å². The Morgan fingerprint density at radius 2 is 1.93 bits per heavy atom. The average Bonchev–Trinajstić information content (AvgIpc) is 3.05. The smallest absolute Gasteiger partial charge is 0.302 e. The van der Waals surface area contributed by atoms with E-state index in [0.717, 1.165) is 40.4 Å². The van der Waals surface area contributed by atoms with Crippen LogP contribution in [0.4, 0.5) is 0 Å².